The van der Waals surface area contributed by atoms with Gasteiger partial charge in [-0.25, -0.2) is 24.9 Å². The molecule has 0 saturated carbocycles. The number of benzene rings is 7. The minimum Gasteiger partial charge on any atom is -0.256 e. The van der Waals surface area contributed by atoms with Gasteiger partial charge in [0.05, 0.1) is 22.8 Å². The molecule has 0 amide bonds. The van der Waals surface area contributed by atoms with Crippen molar-refractivity contribution in [1.82, 2.24) is 34.9 Å². The first-order chi connectivity index (χ1) is 31.6. The van der Waals surface area contributed by atoms with Gasteiger partial charge in [0.25, 0.3) is 0 Å². The second-order valence-corrected chi connectivity index (χ2v) is 15.8. The fraction of sp³-hybridized carbons (Fsp3) is 0. The summed E-state index contributed by atoms with van der Waals surface area (Å²) in [5, 5.41) is 4.73. The Morgan fingerprint density at radius 3 is 1.33 bits per heavy atom. The summed E-state index contributed by atoms with van der Waals surface area (Å²) in [5.41, 5.74) is 14.0. The normalized spacial score (nSPS) is 11.8. The first-order valence-electron chi connectivity index (χ1n) is 21.1. The fourth-order valence-electron chi connectivity index (χ4n) is 8.70. The average molecular weight is 818 g/mol. The lowest BCUT2D eigenvalue weighted by atomic mass is 9.98. The van der Waals surface area contributed by atoms with E-state index < -0.39 is 0 Å². The molecule has 4 heterocycles. The van der Waals surface area contributed by atoms with Crippen LogP contribution in [0.15, 0.2) is 207 Å². The molecular formula is C57H35N7. The number of nitrogens with zero attached hydrogens (tertiary/aromatic N) is 7. The predicted molar refractivity (Wildman–Crippen MR) is 258 cm³/mol. The summed E-state index contributed by atoms with van der Waals surface area (Å²) >= 11 is 0. The van der Waals surface area contributed by atoms with Crippen LogP contribution in [0.1, 0.15) is 11.1 Å². The summed E-state index contributed by atoms with van der Waals surface area (Å²) in [6, 6.07) is 64.2. The largest absolute Gasteiger partial charge is 0.256 e. The molecule has 298 valence electrons. The molecule has 64 heavy (non-hydrogen) atoms. The molecule has 0 radical (unpaired) electrons. The molecule has 1 aliphatic carbocycles. The van der Waals surface area contributed by atoms with Gasteiger partial charge < -0.3 is 0 Å². The number of hydrogen-bond acceptors (Lipinski definition) is 7. The van der Waals surface area contributed by atoms with Crippen molar-refractivity contribution < 1.29 is 0 Å². The van der Waals surface area contributed by atoms with Crippen LogP contribution in [0.25, 0.3) is 118 Å². The maximum absolute atomic E-state index is 5.35. The van der Waals surface area contributed by atoms with E-state index in [9.17, 15) is 0 Å². The van der Waals surface area contributed by atoms with Crippen LogP contribution in [0.3, 0.4) is 0 Å². The van der Waals surface area contributed by atoms with Crippen molar-refractivity contribution >= 4 is 27.1 Å². The highest BCUT2D eigenvalue weighted by atomic mass is 15.0. The van der Waals surface area contributed by atoms with Crippen LogP contribution in [0.4, 0.5) is 0 Å². The van der Waals surface area contributed by atoms with Crippen LogP contribution < -0.4 is 0 Å². The van der Waals surface area contributed by atoms with E-state index >= 15 is 0 Å². The van der Waals surface area contributed by atoms with Crippen LogP contribution in [-0.4, -0.2) is 34.9 Å². The van der Waals surface area contributed by atoms with E-state index in [1.54, 1.807) is 12.4 Å². The van der Waals surface area contributed by atoms with E-state index in [2.05, 4.69) is 138 Å². The van der Waals surface area contributed by atoms with Crippen LogP contribution in [-0.2, 0) is 0 Å². The smallest absolute Gasteiger partial charge is 0.164 e. The fourth-order valence-corrected chi connectivity index (χ4v) is 8.70. The molecule has 7 heteroatoms. The topological polar surface area (TPSA) is 90.2 Å². The van der Waals surface area contributed by atoms with E-state index in [-0.39, 0.29) is 0 Å². The highest BCUT2D eigenvalue weighted by Crippen LogP contribution is 2.47. The van der Waals surface area contributed by atoms with Crippen molar-refractivity contribution in [2.45, 2.75) is 0 Å². The first-order valence-corrected chi connectivity index (χ1v) is 21.1. The Kier molecular flexibility index (Phi) is 8.83. The Morgan fingerprint density at radius 2 is 0.750 bits per heavy atom. The van der Waals surface area contributed by atoms with E-state index in [0.717, 1.165) is 84.0 Å². The Balaban J connectivity index is 0.966. The zero-order valence-electron chi connectivity index (χ0n) is 34.4. The molecule has 0 fully saturated rings. The summed E-state index contributed by atoms with van der Waals surface area (Å²) in [7, 11) is 0. The van der Waals surface area contributed by atoms with Crippen molar-refractivity contribution in [1.29, 1.82) is 0 Å². The molecule has 0 N–H and O–H groups in total. The second-order valence-electron chi connectivity index (χ2n) is 15.8. The lowest BCUT2D eigenvalue weighted by Crippen LogP contribution is -2.01. The monoisotopic (exact) mass is 817 g/mol. The van der Waals surface area contributed by atoms with Gasteiger partial charge in [-0.05, 0) is 63.0 Å². The maximum atomic E-state index is 5.35. The molecule has 0 bridgehead atoms. The van der Waals surface area contributed by atoms with E-state index in [1.165, 1.54) is 21.5 Å². The SMILES string of the molecule is C=C1c2ccccc2-c2nc(-c3ccc4ccc5ccccc5c4c3)nc(-c3ccc(-c4nc(-c5ccc(-c6ccccn6)cc5)nc(-c5ccc(-c6ccccn6)cc5)n4)cc3)c21. The third-order valence-electron chi connectivity index (χ3n) is 12.0. The van der Waals surface area contributed by atoms with Gasteiger partial charge in [-0.2, -0.15) is 0 Å². The molecule has 0 saturated heterocycles. The molecule has 4 aromatic heterocycles. The Hall–Kier alpha value is -8.81. The van der Waals surface area contributed by atoms with Gasteiger partial charge in [-0.3, -0.25) is 9.97 Å². The molecule has 0 spiro atoms. The van der Waals surface area contributed by atoms with Gasteiger partial charge in [-0.15, -0.1) is 0 Å². The quantitative estimate of drug-likeness (QED) is 0.148. The molecule has 11 aromatic rings. The minimum atomic E-state index is 0.558. The lowest BCUT2D eigenvalue weighted by molar-refractivity contribution is 1.07. The van der Waals surface area contributed by atoms with Gasteiger partial charge in [0.1, 0.15) is 0 Å². The minimum absolute atomic E-state index is 0.558. The number of fused-ring (bicyclic) bond motifs is 6. The number of aromatic nitrogens is 7. The van der Waals surface area contributed by atoms with Crippen molar-refractivity contribution in [3.05, 3.63) is 218 Å². The van der Waals surface area contributed by atoms with Gasteiger partial charge in [0.2, 0.25) is 0 Å². The molecular weight excluding hydrogens is 783 g/mol. The molecule has 7 nitrogen and oxygen atoms in total. The van der Waals surface area contributed by atoms with Crippen LogP contribution in [0.5, 0.6) is 0 Å². The van der Waals surface area contributed by atoms with Crippen molar-refractivity contribution in [2.75, 3.05) is 0 Å². The average Bonchev–Trinajstić information content (AvgIpc) is 3.67. The Labute approximate surface area is 369 Å². The summed E-state index contributed by atoms with van der Waals surface area (Å²) in [6.45, 7) is 4.57. The molecule has 1 aliphatic rings. The molecule has 7 aromatic carbocycles. The Morgan fingerprint density at radius 1 is 0.312 bits per heavy atom. The highest BCUT2D eigenvalue weighted by molar-refractivity contribution is 6.09. The van der Waals surface area contributed by atoms with Crippen molar-refractivity contribution in [3.8, 4) is 90.6 Å². The standard InChI is InChI=1S/C57H35N7/c1-35-45-11-4-5-13-47(45)53-51(35)52(60-57(61-53)44-31-18-37-17-16-36-10-2-3-12-46(36)48(37)34-44)40-23-29-43(30-24-40)56-63-54(41-25-19-38(20-26-41)49-14-6-8-32-58-49)62-55(64-56)42-27-21-39(22-28-42)50-15-7-9-33-59-50/h2-34H,1H2. The van der Waals surface area contributed by atoms with Gasteiger partial charge in [0, 0.05) is 62.5 Å². The number of rotatable bonds is 7. The molecule has 0 atom stereocenters. The van der Waals surface area contributed by atoms with Crippen LogP contribution >= 0.6 is 0 Å². The summed E-state index contributed by atoms with van der Waals surface area (Å²) in [5.74, 6) is 2.36. The summed E-state index contributed by atoms with van der Waals surface area (Å²) < 4.78 is 0. The predicted octanol–water partition coefficient (Wildman–Crippen LogP) is 13.5. The van der Waals surface area contributed by atoms with Crippen LogP contribution in [0, 0.1) is 0 Å². The summed E-state index contributed by atoms with van der Waals surface area (Å²) in [4.78, 5) is 34.9. The molecule has 12 rings (SSSR count). The number of hydrogen-bond donors (Lipinski definition) is 0. The first kappa shape index (κ1) is 37.0. The lowest BCUT2D eigenvalue weighted by Gasteiger charge is -2.13. The Bertz CT molecular complexity index is 3490. The van der Waals surface area contributed by atoms with E-state index in [4.69, 9.17) is 24.9 Å². The van der Waals surface area contributed by atoms with E-state index in [1.807, 2.05) is 66.7 Å². The zero-order chi connectivity index (χ0) is 42.6. The van der Waals surface area contributed by atoms with E-state index in [0.29, 0.717) is 23.3 Å². The third-order valence-corrected chi connectivity index (χ3v) is 12.0. The number of pyridine rings is 2. The maximum Gasteiger partial charge on any atom is 0.164 e. The zero-order valence-corrected chi connectivity index (χ0v) is 34.4. The highest BCUT2D eigenvalue weighted by Gasteiger charge is 2.29. The van der Waals surface area contributed by atoms with Crippen molar-refractivity contribution in [2.24, 2.45) is 0 Å². The molecule has 0 aliphatic heterocycles. The van der Waals surface area contributed by atoms with Gasteiger partial charge >= 0.3 is 0 Å². The van der Waals surface area contributed by atoms with Gasteiger partial charge in [-0.1, -0.05) is 164 Å². The van der Waals surface area contributed by atoms with Crippen molar-refractivity contribution in [3.63, 3.8) is 0 Å². The van der Waals surface area contributed by atoms with Gasteiger partial charge in [0.15, 0.2) is 23.3 Å². The third kappa shape index (κ3) is 6.51. The van der Waals surface area contributed by atoms with Crippen LogP contribution in [0.2, 0.25) is 0 Å². The summed E-state index contributed by atoms with van der Waals surface area (Å²) in [6.07, 6.45) is 3.60. The second kappa shape index (κ2) is 15.3. The molecule has 0 unspecified atom stereocenters.